The summed E-state index contributed by atoms with van der Waals surface area (Å²) >= 11 is 0. The second-order valence-electron chi connectivity index (χ2n) is 8.81. The van der Waals surface area contributed by atoms with E-state index in [0.29, 0.717) is 34.7 Å². The summed E-state index contributed by atoms with van der Waals surface area (Å²) in [5.41, 5.74) is 3.69. The second-order valence-corrected chi connectivity index (χ2v) is 8.81. The molecule has 10 nitrogen and oxygen atoms in total. The van der Waals surface area contributed by atoms with E-state index in [9.17, 15) is 9.59 Å². The maximum absolute atomic E-state index is 13.4. The molecule has 1 unspecified atom stereocenters. The van der Waals surface area contributed by atoms with E-state index >= 15 is 0 Å². The van der Waals surface area contributed by atoms with Crippen molar-refractivity contribution in [2.75, 3.05) is 0 Å². The summed E-state index contributed by atoms with van der Waals surface area (Å²) in [6, 6.07) is 12.7. The molecule has 0 spiro atoms. The van der Waals surface area contributed by atoms with Crippen LogP contribution in [0, 0.1) is 13.8 Å². The summed E-state index contributed by atoms with van der Waals surface area (Å²) in [5, 5.41) is 10.6. The van der Waals surface area contributed by atoms with Gasteiger partial charge in [-0.3, -0.25) is 14.2 Å². The van der Waals surface area contributed by atoms with Crippen LogP contribution in [0.25, 0.3) is 16.7 Å². The minimum absolute atomic E-state index is 0.233. The Labute approximate surface area is 205 Å². The van der Waals surface area contributed by atoms with E-state index in [1.807, 2.05) is 26.0 Å². The first-order chi connectivity index (χ1) is 17.5. The molecular formula is C26H22N6O4. The molecule has 0 N–H and O–H groups in total. The van der Waals surface area contributed by atoms with Crippen LogP contribution in [-0.4, -0.2) is 36.0 Å². The fraction of sp³-hybridized carbons (Fsp3) is 0.192. The molecule has 5 aromatic rings. The van der Waals surface area contributed by atoms with Gasteiger partial charge in [-0.25, -0.2) is 14.7 Å². The van der Waals surface area contributed by atoms with Gasteiger partial charge in [0.2, 0.25) is 0 Å². The van der Waals surface area contributed by atoms with Crippen LogP contribution in [0.5, 0.6) is 0 Å². The van der Waals surface area contributed by atoms with Crippen molar-refractivity contribution in [3.8, 4) is 5.69 Å². The standard InChI is InChI=1S/C26H22N6O4/c1-16-9-17(2)11-18(10-16)31-25-19(13-28-31)26(34)30(15-27-25)14-24(33)32-21(23-6-4-8-36-23)12-20(29-32)22-5-3-7-35-22/h3-11,13,15,21H,12,14H2,1-2H3. The lowest BCUT2D eigenvalue weighted by molar-refractivity contribution is -0.134. The zero-order valence-electron chi connectivity index (χ0n) is 19.7. The van der Waals surface area contributed by atoms with Crippen molar-refractivity contribution in [2.45, 2.75) is 32.9 Å². The van der Waals surface area contributed by atoms with Crippen molar-refractivity contribution in [3.63, 3.8) is 0 Å². The molecule has 4 aromatic heterocycles. The number of carbonyl (C=O) groups is 1. The van der Waals surface area contributed by atoms with Gasteiger partial charge >= 0.3 is 0 Å². The number of fused-ring (bicyclic) bond motifs is 1. The van der Waals surface area contributed by atoms with Gasteiger partial charge in [-0.1, -0.05) is 6.07 Å². The van der Waals surface area contributed by atoms with Gasteiger partial charge in [-0.05, 0) is 61.4 Å². The lowest BCUT2D eigenvalue weighted by Crippen LogP contribution is -2.34. The number of carbonyl (C=O) groups excluding carboxylic acids is 1. The molecule has 0 saturated heterocycles. The van der Waals surface area contributed by atoms with Crippen molar-refractivity contribution in [1.29, 1.82) is 0 Å². The number of furan rings is 2. The second kappa shape index (κ2) is 8.49. The first-order valence-corrected chi connectivity index (χ1v) is 11.5. The summed E-state index contributed by atoms with van der Waals surface area (Å²) < 4.78 is 14.0. The Morgan fingerprint density at radius 2 is 1.86 bits per heavy atom. The molecule has 0 saturated carbocycles. The average molecular weight is 483 g/mol. The first kappa shape index (κ1) is 21.8. The Kier molecular flexibility index (Phi) is 5.14. The Morgan fingerprint density at radius 3 is 2.58 bits per heavy atom. The largest absolute Gasteiger partial charge is 0.467 e. The molecule has 5 heterocycles. The van der Waals surface area contributed by atoms with Crippen LogP contribution in [0.15, 0.2) is 86.2 Å². The summed E-state index contributed by atoms with van der Waals surface area (Å²) in [6.45, 7) is 3.77. The molecule has 0 bridgehead atoms. The SMILES string of the molecule is Cc1cc(C)cc(-n2ncc3c(=O)n(CC(=O)N4N=C(c5ccco5)CC4c4ccco4)cnc32)c1. The smallest absolute Gasteiger partial charge is 0.264 e. The van der Waals surface area contributed by atoms with E-state index in [0.717, 1.165) is 16.8 Å². The fourth-order valence-corrected chi connectivity index (χ4v) is 4.58. The highest BCUT2D eigenvalue weighted by atomic mass is 16.3. The minimum Gasteiger partial charge on any atom is -0.467 e. The van der Waals surface area contributed by atoms with Crippen LogP contribution in [-0.2, 0) is 11.3 Å². The van der Waals surface area contributed by atoms with Gasteiger partial charge in [0.05, 0.1) is 24.4 Å². The Hall–Kier alpha value is -4.73. The topological polar surface area (TPSA) is 112 Å². The quantitative estimate of drug-likeness (QED) is 0.377. The van der Waals surface area contributed by atoms with E-state index in [2.05, 4.69) is 21.3 Å². The molecule has 6 rings (SSSR count). The van der Waals surface area contributed by atoms with Gasteiger partial charge in [-0.15, -0.1) is 0 Å². The molecule has 180 valence electrons. The van der Waals surface area contributed by atoms with Crippen molar-refractivity contribution in [2.24, 2.45) is 5.10 Å². The maximum atomic E-state index is 13.4. The van der Waals surface area contributed by atoms with Gasteiger partial charge in [0.25, 0.3) is 11.5 Å². The number of nitrogens with zero attached hydrogens (tertiary/aromatic N) is 6. The van der Waals surface area contributed by atoms with Crippen LogP contribution >= 0.6 is 0 Å². The van der Waals surface area contributed by atoms with Crippen LogP contribution in [0.3, 0.4) is 0 Å². The molecule has 1 aliphatic rings. The molecule has 1 aromatic carbocycles. The average Bonchev–Trinajstić information content (AvgIpc) is 3.66. The van der Waals surface area contributed by atoms with Crippen molar-refractivity contribution in [1.82, 2.24) is 24.3 Å². The first-order valence-electron chi connectivity index (χ1n) is 11.5. The zero-order chi connectivity index (χ0) is 24.8. The summed E-state index contributed by atoms with van der Waals surface area (Å²) in [4.78, 5) is 31.1. The molecule has 1 atom stereocenters. The van der Waals surface area contributed by atoms with E-state index in [4.69, 9.17) is 8.83 Å². The van der Waals surface area contributed by atoms with Crippen LogP contribution in [0.4, 0.5) is 0 Å². The predicted octanol–water partition coefficient (Wildman–Crippen LogP) is 3.76. The van der Waals surface area contributed by atoms with Crippen molar-refractivity contribution in [3.05, 3.63) is 101 Å². The van der Waals surface area contributed by atoms with Crippen molar-refractivity contribution < 1.29 is 13.6 Å². The van der Waals surface area contributed by atoms with Crippen LogP contribution in [0.2, 0.25) is 0 Å². The number of hydrogen-bond acceptors (Lipinski definition) is 7. The number of hydrogen-bond donors (Lipinski definition) is 0. The van der Waals surface area contributed by atoms with Crippen LogP contribution < -0.4 is 5.56 Å². The van der Waals surface area contributed by atoms with E-state index in [-0.39, 0.29) is 18.0 Å². The third-order valence-electron chi connectivity index (χ3n) is 6.15. The number of benzene rings is 1. The fourth-order valence-electron chi connectivity index (χ4n) is 4.58. The van der Waals surface area contributed by atoms with Gasteiger partial charge in [-0.2, -0.15) is 10.2 Å². The maximum Gasteiger partial charge on any atom is 0.264 e. The molecule has 0 radical (unpaired) electrons. The number of rotatable bonds is 5. The highest BCUT2D eigenvalue weighted by Gasteiger charge is 2.36. The van der Waals surface area contributed by atoms with Crippen molar-refractivity contribution >= 4 is 22.7 Å². The summed E-state index contributed by atoms with van der Waals surface area (Å²) in [6.07, 6.45) is 6.40. The van der Waals surface area contributed by atoms with Gasteiger partial charge in [0.15, 0.2) is 5.65 Å². The lowest BCUT2D eigenvalue weighted by Gasteiger charge is -2.20. The zero-order valence-corrected chi connectivity index (χ0v) is 19.7. The molecule has 10 heteroatoms. The molecule has 0 aliphatic carbocycles. The summed E-state index contributed by atoms with van der Waals surface area (Å²) in [5.74, 6) is 0.813. The highest BCUT2D eigenvalue weighted by molar-refractivity contribution is 6.01. The Bertz CT molecular complexity index is 1640. The molecule has 1 aliphatic heterocycles. The number of aryl methyl sites for hydroxylation is 2. The van der Waals surface area contributed by atoms with E-state index < -0.39 is 6.04 Å². The molecular weight excluding hydrogens is 460 g/mol. The Morgan fingerprint density at radius 1 is 1.08 bits per heavy atom. The van der Waals surface area contributed by atoms with Gasteiger partial charge in [0, 0.05) is 6.42 Å². The van der Waals surface area contributed by atoms with E-state index in [1.165, 1.54) is 22.1 Å². The lowest BCUT2D eigenvalue weighted by atomic mass is 10.1. The molecule has 1 amide bonds. The minimum atomic E-state index is -0.438. The number of hydrazone groups is 1. The third kappa shape index (κ3) is 3.72. The van der Waals surface area contributed by atoms with Gasteiger partial charge in [0.1, 0.15) is 41.5 Å². The monoisotopic (exact) mass is 482 g/mol. The third-order valence-corrected chi connectivity index (χ3v) is 6.15. The molecule has 36 heavy (non-hydrogen) atoms. The van der Waals surface area contributed by atoms with Gasteiger partial charge < -0.3 is 8.83 Å². The highest BCUT2D eigenvalue weighted by Crippen LogP contribution is 2.33. The molecule has 0 fully saturated rings. The number of amides is 1. The normalized spacial score (nSPS) is 15.6. The number of aromatic nitrogens is 4. The predicted molar refractivity (Wildman–Crippen MR) is 131 cm³/mol. The summed E-state index contributed by atoms with van der Waals surface area (Å²) in [7, 11) is 0. The van der Waals surface area contributed by atoms with E-state index in [1.54, 1.807) is 41.5 Å². The van der Waals surface area contributed by atoms with Crippen LogP contribution in [0.1, 0.15) is 35.1 Å². The Balaban J connectivity index is 1.32.